The van der Waals surface area contributed by atoms with Gasteiger partial charge in [0, 0.05) is 23.3 Å². The van der Waals surface area contributed by atoms with Crippen molar-refractivity contribution in [2.75, 3.05) is 6.61 Å². The van der Waals surface area contributed by atoms with Crippen LogP contribution in [0.5, 0.6) is 5.75 Å². The van der Waals surface area contributed by atoms with E-state index in [4.69, 9.17) is 4.74 Å². The van der Waals surface area contributed by atoms with Crippen LogP contribution in [0.2, 0.25) is 0 Å². The highest BCUT2D eigenvalue weighted by molar-refractivity contribution is 7.13. The average Bonchev–Trinajstić information content (AvgIpc) is 3.14. The lowest BCUT2D eigenvalue weighted by Gasteiger charge is -2.07. The number of nitrogens with zero attached hydrogens (tertiary/aromatic N) is 3. The van der Waals surface area contributed by atoms with E-state index in [0.717, 1.165) is 22.0 Å². The van der Waals surface area contributed by atoms with Crippen LogP contribution in [-0.4, -0.2) is 27.5 Å². The lowest BCUT2D eigenvalue weighted by molar-refractivity contribution is 0.0950. The molecular weight excluding hydrogens is 348 g/mol. The lowest BCUT2D eigenvalue weighted by Crippen LogP contribution is -2.22. The highest BCUT2D eigenvalue weighted by Crippen LogP contribution is 2.20. The van der Waals surface area contributed by atoms with Crippen molar-refractivity contribution >= 4 is 17.2 Å². The number of rotatable bonds is 7. The van der Waals surface area contributed by atoms with E-state index < -0.39 is 0 Å². The zero-order valence-corrected chi connectivity index (χ0v) is 15.1. The van der Waals surface area contributed by atoms with Crippen LogP contribution in [0.25, 0.3) is 10.7 Å². The van der Waals surface area contributed by atoms with Gasteiger partial charge in [0.05, 0.1) is 18.4 Å². The van der Waals surface area contributed by atoms with E-state index in [1.807, 2.05) is 12.3 Å². The van der Waals surface area contributed by atoms with E-state index >= 15 is 0 Å². The number of aromatic nitrogens is 3. The number of thiazole rings is 1. The molecule has 0 aliphatic rings. The molecule has 132 valence electrons. The molecule has 2 aromatic heterocycles. The monoisotopic (exact) mass is 366 g/mol. The van der Waals surface area contributed by atoms with Crippen LogP contribution >= 0.6 is 11.3 Å². The molecule has 1 amide bonds. The van der Waals surface area contributed by atoms with Crippen LogP contribution in [0.1, 0.15) is 23.0 Å². The quantitative estimate of drug-likeness (QED) is 0.648. The van der Waals surface area contributed by atoms with Crippen molar-refractivity contribution < 1.29 is 9.53 Å². The number of carbonyl (C=O) groups is 1. The highest BCUT2D eigenvalue weighted by atomic mass is 32.1. The minimum Gasteiger partial charge on any atom is -0.489 e. The van der Waals surface area contributed by atoms with E-state index in [9.17, 15) is 4.79 Å². The van der Waals surface area contributed by atoms with Crippen molar-refractivity contribution in [3.63, 3.8) is 0 Å². The first kappa shape index (κ1) is 17.8. The molecule has 0 unspecified atom stereocenters. The van der Waals surface area contributed by atoms with Gasteiger partial charge in [0.15, 0.2) is 0 Å². The van der Waals surface area contributed by atoms with Gasteiger partial charge in [0.25, 0.3) is 5.91 Å². The summed E-state index contributed by atoms with van der Waals surface area (Å²) in [6, 6.07) is 7.00. The summed E-state index contributed by atoms with van der Waals surface area (Å²) in [6.45, 7) is 6.50. The molecule has 26 heavy (non-hydrogen) atoms. The van der Waals surface area contributed by atoms with Crippen LogP contribution in [0, 0.1) is 0 Å². The van der Waals surface area contributed by atoms with Gasteiger partial charge in [-0.3, -0.25) is 14.8 Å². The summed E-state index contributed by atoms with van der Waals surface area (Å²) in [5.74, 6) is 0.545. The second kappa shape index (κ2) is 8.35. The van der Waals surface area contributed by atoms with Crippen molar-refractivity contribution in [2.24, 2.45) is 0 Å². The number of ether oxygens (including phenoxy) is 1. The number of hydrogen-bond acceptors (Lipinski definition) is 6. The average molecular weight is 366 g/mol. The number of hydrogen-bond donors (Lipinski definition) is 1. The maximum atomic E-state index is 12.3. The summed E-state index contributed by atoms with van der Waals surface area (Å²) in [6.07, 6.45) is 4.91. The summed E-state index contributed by atoms with van der Waals surface area (Å²) in [4.78, 5) is 25.0. The molecule has 0 bridgehead atoms. The third-order valence-electron chi connectivity index (χ3n) is 3.37. The third kappa shape index (κ3) is 4.73. The summed E-state index contributed by atoms with van der Waals surface area (Å²) in [5.41, 5.74) is 3.01. The molecule has 0 radical (unpaired) electrons. The Labute approximate surface area is 155 Å². The van der Waals surface area contributed by atoms with Crippen LogP contribution in [0.3, 0.4) is 0 Å². The van der Waals surface area contributed by atoms with Gasteiger partial charge in [-0.05, 0) is 36.8 Å². The van der Waals surface area contributed by atoms with Crippen molar-refractivity contribution in [3.8, 4) is 16.5 Å². The molecule has 0 saturated carbocycles. The molecule has 0 fully saturated rings. The van der Waals surface area contributed by atoms with E-state index in [1.54, 1.807) is 42.9 Å². The van der Waals surface area contributed by atoms with Crippen LogP contribution < -0.4 is 10.1 Å². The van der Waals surface area contributed by atoms with Crippen LogP contribution in [-0.2, 0) is 6.54 Å². The van der Waals surface area contributed by atoms with E-state index in [2.05, 4.69) is 26.8 Å². The zero-order chi connectivity index (χ0) is 18.4. The number of amides is 1. The second-order valence-electron chi connectivity index (χ2n) is 5.69. The Bertz CT molecular complexity index is 891. The third-order valence-corrected chi connectivity index (χ3v) is 4.28. The van der Waals surface area contributed by atoms with Crippen LogP contribution in [0.15, 0.2) is 60.4 Å². The lowest BCUT2D eigenvalue weighted by atomic mass is 10.2. The minimum absolute atomic E-state index is 0.162. The molecule has 0 saturated heterocycles. The Balaban J connectivity index is 1.55. The molecule has 0 aliphatic carbocycles. The first-order chi connectivity index (χ1) is 12.6. The van der Waals surface area contributed by atoms with Gasteiger partial charge < -0.3 is 10.1 Å². The van der Waals surface area contributed by atoms with Gasteiger partial charge >= 0.3 is 0 Å². The number of carbonyl (C=O) groups excluding carboxylic acids is 1. The molecule has 2 heterocycles. The van der Waals surface area contributed by atoms with Crippen molar-refractivity contribution in [1.29, 1.82) is 0 Å². The Morgan fingerprint density at radius 1 is 1.27 bits per heavy atom. The molecule has 0 atom stereocenters. The molecule has 0 aliphatic heterocycles. The van der Waals surface area contributed by atoms with Crippen molar-refractivity contribution in [3.05, 3.63) is 71.6 Å². The Kier molecular flexibility index (Phi) is 5.70. The van der Waals surface area contributed by atoms with E-state index in [1.165, 1.54) is 11.3 Å². The summed E-state index contributed by atoms with van der Waals surface area (Å²) in [5, 5.41) is 5.54. The molecule has 3 aromatic rings. The summed E-state index contributed by atoms with van der Waals surface area (Å²) >= 11 is 1.47. The minimum atomic E-state index is -0.162. The molecule has 6 nitrogen and oxygen atoms in total. The predicted molar refractivity (Wildman–Crippen MR) is 101 cm³/mol. The molecule has 0 spiro atoms. The van der Waals surface area contributed by atoms with E-state index in [0.29, 0.717) is 24.5 Å². The molecule has 1 aromatic carbocycles. The van der Waals surface area contributed by atoms with Crippen molar-refractivity contribution in [1.82, 2.24) is 20.3 Å². The normalized spacial score (nSPS) is 10.3. The van der Waals surface area contributed by atoms with Crippen LogP contribution in [0.4, 0.5) is 0 Å². The van der Waals surface area contributed by atoms with Gasteiger partial charge in [0.1, 0.15) is 23.1 Å². The molecule has 3 rings (SSSR count). The second-order valence-corrected chi connectivity index (χ2v) is 6.55. The maximum absolute atomic E-state index is 12.3. The fraction of sp³-hybridized carbons (Fsp3) is 0.158. The SMILES string of the molecule is C=C(C)COc1ccc(C(=O)NCc2csc(-c3cnccn3)n2)cc1. The first-order valence-corrected chi connectivity index (χ1v) is 8.86. The van der Waals surface area contributed by atoms with Gasteiger partial charge in [-0.25, -0.2) is 4.98 Å². The van der Waals surface area contributed by atoms with Gasteiger partial charge in [-0.1, -0.05) is 6.58 Å². The Hall–Kier alpha value is -3.06. The summed E-state index contributed by atoms with van der Waals surface area (Å²) < 4.78 is 5.53. The van der Waals surface area contributed by atoms with Gasteiger partial charge in [-0.2, -0.15) is 0 Å². The zero-order valence-electron chi connectivity index (χ0n) is 14.3. The first-order valence-electron chi connectivity index (χ1n) is 7.98. The maximum Gasteiger partial charge on any atom is 0.251 e. The molecule has 1 N–H and O–H groups in total. The fourth-order valence-electron chi connectivity index (χ4n) is 2.10. The molecular formula is C19H18N4O2S. The Morgan fingerprint density at radius 3 is 2.77 bits per heavy atom. The largest absolute Gasteiger partial charge is 0.489 e. The topological polar surface area (TPSA) is 77.0 Å². The Morgan fingerprint density at radius 2 is 2.08 bits per heavy atom. The smallest absolute Gasteiger partial charge is 0.251 e. The van der Waals surface area contributed by atoms with Crippen molar-refractivity contribution in [2.45, 2.75) is 13.5 Å². The molecule has 7 heteroatoms. The summed E-state index contributed by atoms with van der Waals surface area (Å²) in [7, 11) is 0. The van der Waals surface area contributed by atoms with Gasteiger partial charge in [0.2, 0.25) is 0 Å². The standard InChI is InChI=1S/C19H18N4O2S/c1-13(2)11-25-16-5-3-14(4-6-16)18(24)22-9-15-12-26-19(23-15)17-10-20-7-8-21-17/h3-8,10,12H,1,9,11H2,2H3,(H,22,24). The van der Waals surface area contributed by atoms with Gasteiger partial charge in [-0.15, -0.1) is 11.3 Å². The fourth-order valence-corrected chi connectivity index (χ4v) is 2.88. The predicted octanol–water partition coefficient (Wildman–Crippen LogP) is 3.49. The van der Waals surface area contributed by atoms with E-state index in [-0.39, 0.29) is 5.91 Å². The number of nitrogens with one attached hydrogen (secondary N) is 1. The highest BCUT2D eigenvalue weighted by Gasteiger charge is 2.09. The number of benzene rings is 1.